The average Bonchev–Trinajstić information content (AvgIpc) is 3.01. The first-order chi connectivity index (χ1) is 12.3. The molecule has 0 radical (unpaired) electrons. The van der Waals surface area contributed by atoms with Crippen molar-refractivity contribution in [2.45, 2.75) is 12.7 Å². The van der Waals surface area contributed by atoms with Gasteiger partial charge in [0.25, 0.3) is 5.91 Å². The molecule has 0 bridgehead atoms. The molecule has 0 unspecified atom stereocenters. The fraction of sp³-hybridized carbons (Fsp3) is 0.118. The van der Waals surface area contributed by atoms with Crippen molar-refractivity contribution >= 4 is 11.9 Å². The average molecular weight is 364 g/mol. The van der Waals surface area contributed by atoms with Crippen molar-refractivity contribution < 1.29 is 22.4 Å². The summed E-state index contributed by atoms with van der Waals surface area (Å²) in [5.41, 5.74) is -0.554. The Balaban J connectivity index is 1.71. The van der Waals surface area contributed by atoms with E-state index in [1.54, 1.807) is 0 Å². The number of carbonyl (C=O) groups is 1. The van der Waals surface area contributed by atoms with E-state index in [4.69, 9.17) is 0 Å². The van der Waals surface area contributed by atoms with Gasteiger partial charge in [-0.05, 0) is 29.8 Å². The van der Waals surface area contributed by atoms with Gasteiger partial charge in [0, 0.05) is 0 Å². The maximum Gasteiger partial charge on any atom is 0.416 e. The third kappa shape index (κ3) is 4.05. The van der Waals surface area contributed by atoms with Crippen LogP contribution in [-0.4, -0.2) is 20.7 Å². The van der Waals surface area contributed by atoms with E-state index < -0.39 is 23.5 Å². The molecular formula is C17H12F4N4O. The van der Waals surface area contributed by atoms with Crippen molar-refractivity contribution in [2.24, 2.45) is 0 Å². The van der Waals surface area contributed by atoms with E-state index in [0.29, 0.717) is 5.56 Å². The third-order valence-corrected chi connectivity index (χ3v) is 3.48. The molecule has 0 spiro atoms. The number of rotatable bonds is 4. The molecule has 0 atom stereocenters. The minimum atomic E-state index is -4.43. The molecule has 1 amide bonds. The van der Waals surface area contributed by atoms with E-state index in [1.807, 2.05) is 0 Å². The number of nitrogens with zero attached hydrogens (tertiary/aromatic N) is 3. The first-order valence-corrected chi connectivity index (χ1v) is 7.44. The smallest absolute Gasteiger partial charge is 0.289 e. The summed E-state index contributed by atoms with van der Waals surface area (Å²) in [5.74, 6) is -1.49. The summed E-state index contributed by atoms with van der Waals surface area (Å²) < 4.78 is 53.0. The summed E-state index contributed by atoms with van der Waals surface area (Å²) in [6, 6.07) is 10.2. The first kappa shape index (κ1) is 17.6. The van der Waals surface area contributed by atoms with E-state index in [9.17, 15) is 22.4 Å². The van der Waals surface area contributed by atoms with Gasteiger partial charge in [0.1, 0.15) is 12.1 Å². The minimum absolute atomic E-state index is 0.0342. The van der Waals surface area contributed by atoms with E-state index in [1.165, 1.54) is 41.3 Å². The van der Waals surface area contributed by atoms with Crippen LogP contribution in [0.4, 0.5) is 23.5 Å². The van der Waals surface area contributed by atoms with Crippen LogP contribution in [0.3, 0.4) is 0 Å². The highest BCUT2D eigenvalue weighted by molar-refractivity contribution is 6.03. The molecule has 1 aromatic heterocycles. The Morgan fingerprint density at radius 1 is 1.12 bits per heavy atom. The second kappa shape index (κ2) is 6.95. The minimum Gasteiger partial charge on any atom is -0.289 e. The van der Waals surface area contributed by atoms with Crippen molar-refractivity contribution in [2.75, 3.05) is 5.32 Å². The highest BCUT2D eigenvalue weighted by Gasteiger charge is 2.30. The zero-order valence-electron chi connectivity index (χ0n) is 13.2. The largest absolute Gasteiger partial charge is 0.416 e. The van der Waals surface area contributed by atoms with Gasteiger partial charge in [-0.3, -0.25) is 10.1 Å². The maximum atomic E-state index is 13.6. The summed E-state index contributed by atoms with van der Waals surface area (Å²) in [7, 11) is 0. The maximum absolute atomic E-state index is 13.6. The first-order valence-electron chi connectivity index (χ1n) is 7.44. The second-order valence-electron chi connectivity index (χ2n) is 5.40. The number of benzene rings is 2. The summed E-state index contributed by atoms with van der Waals surface area (Å²) >= 11 is 0. The van der Waals surface area contributed by atoms with E-state index >= 15 is 0 Å². The van der Waals surface area contributed by atoms with Crippen LogP contribution in [-0.2, 0) is 12.7 Å². The lowest BCUT2D eigenvalue weighted by Gasteiger charge is -2.08. The fourth-order valence-electron chi connectivity index (χ4n) is 2.28. The molecular weight excluding hydrogens is 352 g/mol. The quantitative estimate of drug-likeness (QED) is 0.718. The summed E-state index contributed by atoms with van der Waals surface area (Å²) in [4.78, 5) is 15.8. The predicted octanol–water partition coefficient (Wildman–Crippen LogP) is 3.74. The molecule has 1 N–H and O–H groups in total. The van der Waals surface area contributed by atoms with Gasteiger partial charge in [-0.2, -0.15) is 13.2 Å². The van der Waals surface area contributed by atoms with Crippen LogP contribution >= 0.6 is 0 Å². The standard InChI is InChI=1S/C17H12F4N4O/c18-14-7-2-1-6-13(14)15(26)23-16-22-10-25(24-16)9-11-4-3-5-12(8-11)17(19,20)21/h1-8,10H,9H2,(H,23,24,26). The van der Waals surface area contributed by atoms with Crippen LogP contribution in [0.5, 0.6) is 0 Å². The molecule has 0 saturated heterocycles. The van der Waals surface area contributed by atoms with Gasteiger partial charge in [0.15, 0.2) is 0 Å². The normalized spacial score (nSPS) is 11.4. The van der Waals surface area contributed by atoms with Crippen molar-refractivity contribution in [1.82, 2.24) is 14.8 Å². The number of halogens is 4. The highest BCUT2D eigenvalue weighted by Crippen LogP contribution is 2.29. The second-order valence-corrected chi connectivity index (χ2v) is 5.40. The monoisotopic (exact) mass is 364 g/mol. The van der Waals surface area contributed by atoms with Gasteiger partial charge >= 0.3 is 6.18 Å². The number of aromatic nitrogens is 3. The van der Waals surface area contributed by atoms with E-state index in [0.717, 1.165) is 18.2 Å². The third-order valence-electron chi connectivity index (χ3n) is 3.48. The van der Waals surface area contributed by atoms with Crippen LogP contribution in [0.2, 0.25) is 0 Å². The van der Waals surface area contributed by atoms with Crippen molar-refractivity contribution in [3.05, 3.63) is 77.4 Å². The molecule has 3 rings (SSSR count). The summed E-state index contributed by atoms with van der Waals surface area (Å²) in [5, 5.41) is 6.30. The Labute approximate surface area is 145 Å². The number of nitrogens with one attached hydrogen (secondary N) is 1. The summed E-state index contributed by atoms with van der Waals surface area (Å²) in [6.07, 6.45) is -3.17. The van der Waals surface area contributed by atoms with Crippen LogP contribution in [0, 0.1) is 5.82 Å². The molecule has 3 aromatic rings. The predicted molar refractivity (Wildman–Crippen MR) is 84.9 cm³/mol. The number of hydrogen-bond donors (Lipinski definition) is 1. The zero-order valence-corrected chi connectivity index (χ0v) is 13.2. The van der Waals surface area contributed by atoms with E-state index in [-0.39, 0.29) is 18.1 Å². The molecule has 26 heavy (non-hydrogen) atoms. The van der Waals surface area contributed by atoms with Gasteiger partial charge in [-0.1, -0.05) is 24.3 Å². The number of alkyl halides is 3. The Morgan fingerprint density at radius 2 is 1.88 bits per heavy atom. The number of hydrogen-bond acceptors (Lipinski definition) is 3. The van der Waals surface area contributed by atoms with Crippen LogP contribution < -0.4 is 5.32 Å². The SMILES string of the molecule is O=C(Nc1ncn(Cc2cccc(C(F)(F)F)c2)n1)c1ccccc1F. The zero-order chi connectivity index (χ0) is 18.7. The lowest BCUT2D eigenvalue weighted by molar-refractivity contribution is -0.137. The molecule has 0 aliphatic carbocycles. The van der Waals surface area contributed by atoms with E-state index in [2.05, 4.69) is 15.4 Å². The number of carbonyl (C=O) groups excluding carboxylic acids is 1. The van der Waals surface area contributed by atoms with Crippen molar-refractivity contribution in [3.8, 4) is 0 Å². The molecule has 0 saturated carbocycles. The topological polar surface area (TPSA) is 59.8 Å². The van der Waals surface area contributed by atoms with Crippen molar-refractivity contribution in [1.29, 1.82) is 0 Å². The molecule has 9 heteroatoms. The Kier molecular flexibility index (Phi) is 4.70. The molecule has 5 nitrogen and oxygen atoms in total. The Hall–Kier alpha value is -3.23. The van der Waals surface area contributed by atoms with Gasteiger partial charge in [0.05, 0.1) is 17.7 Å². The lowest BCUT2D eigenvalue weighted by atomic mass is 10.1. The number of anilines is 1. The van der Waals surface area contributed by atoms with Gasteiger partial charge in [-0.25, -0.2) is 14.1 Å². The molecule has 2 aromatic carbocycles. The molecule has 1 heterocycles. The van der Waals surface area contributed by atoms with Crippen LogP contribution in [0.15, 0.2) is 54.9 Å². The molecule has 0 fully saturated rings. The lowest BCUT2D eigenvalue weighted by Crippen LogP contribution is -2.15. The fourth-order valence-corrected chi connectivity index (χ4v) is 2.28. The van der Waals surface area contributed by atoms with Gasteiger partial charge < -0.3 is 0 Å². The number of amides is 1. The molecule has 0 aliphatic rings. The van der Waals surface area contributed by atoms with Crippen LogP contribution in [0.25, 0.3) is 0 Å². The Morgan fingerprint density at radius 3 is 2.62 bits per heavy atom. The van der Waals surface area contributed by atoms with Crippen molar-refractivity contribution in [3.63, 3.8) is 0 Å². The molecule has 0 aliphatic heterocycles. The molecule has 134 valence electrons. The Bertz CT molecular complexity index is 936. The summed E-state index contributed by atoms with van der Waals surface area (Å²) in [6.45, 7) is 0.0342. The van der Waals surface area contributed by atoms with Gasteiger partial charge in [0.2, 0.25) is 5.95 Å². The van der Waals surface area contributed by atoms with Crippen LogP contribution in [0.1, 0.15) is 21.5 Å². The van der Waals surface area contributed by atoms with Gasteiger partial charge in [-0.15, -0.1) is 5.10 Å². The highest BCUT2D eigenvalue weighted by atomic mass is 19.4.